The number of halogens is 1. The third-order valence-corrected chi connectivity index (χ3v) is 2.25. The van der Waals surface area contributed by atoms with E-state index in [2.05, 4.69) is 20.7 Å². The van der Waals surface area contributed by atoms with Crippen LogP contribution in [0.4, 0.5) is 0 Å². The van der Waals surface area contributed by atoms with E-state index in [1.165, 1.54) is 0 Å². The molecule has 0 bridgehead atoms. The Morgan fingerprint density at radius 1 is 1.64 bits per heavy atom. The SMILES string of the molecule is CCOC(=O)C(Br)C(O)CC. The molecule has 0 aliphatic carbocycles. The molecule has 4 heteroatoms. The van der Waals surface area contributed by atoms with Crippen molar-refractivity contribution in [3.63, 3.8) is 0 Å². The quantitative estimate of drug-likeness (QED) is 0.575. The van der Waals surface area contributed by atoms with Gasteiger partial charge in [0.1, 0.15) is 4.83 Å². The Kier molecular flexibility index (Phi) is 5.50. The maximum atomic E-state index is 10.9. The summed E-state index contributed by atoms with van der Waals surface area (Å²) in [7, 11) is 0. The number of hydrogen-bond donors (Lipinski definition) is 1. The molecule has 0 amide bonds. The molecule has 3 nitrogen and oxygen atoms in total. The average molecular weight is 225 g/mol. The van der Waals surface area contributed by atoms with Crippen molar-refractivity contribution in [2.45, 2.75) is 31.2 Å². The number of alkyl halides is 1. The summed E-state index contributed by atoms with van der Waals surface area (Å²) in [5.74, 6) is -0.401. The highest BCUT2D eigenvalue weighted by Crippen LogP contribution is 2.10. The van der Waals surface area contributed by atoms with Crippen LogP contribution in [0.15, 0.2) is 0 Å². The van der Waals surface area contributed by atoms with Crippen LogP contribution in [0.1, 0.15) is 20.3 Å². The van der Waals surface area contributed by atoms with E-state index < -0.39 is 16.9 Å². The molecule has 66 valence electrons. The normalized spacial score (nSPS) is 15.6. The fourth-order valence-corrected chi connectivity index (χ4v) is 1.09. The monoisotopic (exact) mass is 224 g/mol. The first-order chi connectivity index (χ1) is 5.13. The fourth-order valence-electron chi connectivity index (χ4n) is 0.586. The van der Waals surface area contributed by atoms with Crippen molar-refractivity contribution >= 4 is 21.9 Å². The molecule has 0 aromatic heterocycles. The molecule has 0 radical (unpaired) electrons. The predicted molar refractivity (Wildman–Crippen MR) is 45.6 cm³/mol. The summed E-state index contributed by atoms with van der Waals surface area (Å²) < 4.78 is 4.68. The third kappa shape index (κ3) is 3.72. The number of hydrogen-bond acceptors (Lipinski definition) is 3. The topological polar surface area (TPSA) is 46.5 Å². The van der Waals surface area contributed by atoms with Crippen LogP contribution in [0.3, 0.4) is 0 Å². The van der Waals surface area contributed by atoms with Gasteiger partial charge in [-0.3, -0.25) is 4.79 Å². The second-order valence-corrected chi connectivity index (χ2v) is 3.12. The van der Waals surface area contributed by atoms with Gasteiger partial charge in [-0.15, -0.1) is 0 Å². The molecular weight excluding hydrogens is 212 g/mol. The van der Waals surface area contributed by atoms with E-state index >= 15 is 0 Å². The van der Waals surface area contributed by atoms with Crippen molar-refractivity contribution in [2.75, 3.05) is 6.61 Å². The van der Waals surface area contributed by atoms with Gasteiger partial charge in [0.2, 0.25) is 0 Å². The molecule has 0 aromatic carbocycles. The number of aliphatic hydroxyl groups excluding tert-OH is 1. The largest absolute Gasteiger partial charge is 0.465 e. The van der Waals surface area contributed by atoms with E-state index in [-0.39, 0.29) is 0 Å². The van der Waals surface area contributed by atoms with Gasteiger partial charge in [-0.05, 0) is 13.3 Å². The number of rotatable bonds is 4. The van der Waals surface area contributed by atoms with Crippen molar-refractivity contribution < 1.29 is 14.6 Å². The van der Waals surface area contributed by atoms with Crippen LogP contribution < -0.4 is 0 Å². The lowest BCUT2D eigenvalue weighted by Gasteiger charge is -2.13. The molecule has 0 rings (SSSR count). The van der Waals surface area contributed by atoms with Crippen LogP contribution in [-0.4, -0.2) is 28.6 Å². The minimum Gasteiger partial charge on any atom is -0.465 e. The Hall–Kier alpha value is -0.0900. The Bertz CT molecular complexity index is 127. The second-order valence-electron chi connectivity index (χ2n) is 2.13. The van der Waals surface area contributed by atoms with Crippen LogP contribution in [0.5, 0.6) is 0 Å². The van der Waals surface area contributed by atoms with Crippen molar-refractivity contribution in [1.29, 1.82) is 0 Å². The molecule has 0 saturated carbocycles. The molecule has 2 unspecified atom stereocenters. The van der Waals surface area contributed by atoms with E-state index in [0.717, 1.165) is 0 Å². The summed E-state index contributed by atoms with van der Waals surface area (Å²) in [5, 5.41) is 9.18. The number of ether oxygens (including phenoxy) is 1. The van der Waals surface area contributed by atoms with E-state index in [0.29, 0.717) is 13.0 Å². The van der Waals surface area contributed by atoms with Crippen LogP contribution in [0, 0.1) is 0 Å². The Morgan fingerprint density at radius 2 is 2.18 bits per heavy atom. The van der Waals surface area contributed by atoms with Crippen molar-refractivity contribution in [3.8, 4) is 0 Å². The minimum atomic E-state index is -0.658. The first-order valence-corrected chi connectivity index (χ1v) is 4.53. The zero-order valence-electron chi connectivity index (χ0n) is 6.71. The Morgan fingerprint density at radius 3 is 2.55 bits per heavy atom. The van der Waals surface area contributed by atoms with Gasteiger partial charge in [-0.1, -0.05) is 22.9 Å². The van der Waals surface area contributed by atoms with Crippen molar-refractivity contribution in [2.24, 2.45) is 0 Å². The predicted octanol–water partition coefficient (Wildman–Crippen LogP) is 1.08. The molecule has 0 aromatic rings. The lowest BCUT2D eigenvalue weighted by Crippen LogP contribution is -2.29. The van der Waals surface area contributed by atoms with Gasteiger partial charge in [0.15, 0.2) is 0 Å². The molecule has 0 spiro atoms. The molecule has 1 N–H and O–H groups in total. The van der Waals surface area contributed by atoms with E-state index in [1.54, 1.807) is 13.8 Å². The second kappa shape index (κ2) is 5.55. The smallest absolute Gasteiger partial charge is 0.322 e. The molecule has 0 heterocycles. The van der Waals surface area contributed by atoms with Gasteiger partial charge < -0.3 is 9.84 Å². The molecule has 0 aliphatic rings. The highest BCUT2D eigenvalue weighted by atomic mass is 79.9. The number of esters is 1. The first-order valence-electron chi connectivity index (χ1n) is 3.62. The first kappa shape index (κ1) is 10.9. The molecular formula is C7H13BrO3. The Balaban J connectivity index is 3.80. The highest BCUT2D eigenvalue weighted by Gasteiger charge is 2.23. The van der Waals surface area contributed by atoms with Crippen LogP contribution in [0.2, 0.25) is 0 Å². The minimum absolute atomic E-state index is 0.345. The summed E-state index contributed by atoms with van der Waals surface area (Å²) in [5.41, 5.74) is 0. The van der Waals surface area contributed by atoms with Gasteiger partial charge in [-0.2, -0.15) is 0 Å². The average Bonchev–Trinajstić information content (AvgIpc) is 2.02. The summed E-state index contributed by atoms with van der Waals surface area (Å²) in [4.78, 5) is 10.3. The number of aliphatic hydroxyl groups is 1. The number of carbonyl (C=O) groups is 1. The Labute approximate surface area is 74.9 Å². The van der Waals surface area contributed by atoms with Crippen LogP contribution >= 0.6 is 15.9 Å². The molecule has 0 saturated heterocycles. The summed E-state index contributed by atoms with van der Waals surface area (Å²) in [6, 6.07) is 0. The fraction of sp³-hybridized carbons (Fsp3) is 0.857. The van der Waals surface area contributed by atoms with Crippen LogP contribution in [-0.2, 0) is 9.53 Å². The van der Waals surface area contributed by atoms with E-state index in [1.807, 2.05) is 0 Å². The molecule has 0 aliphatic heterocycles. The molecule has 2 atom stereocenters. The van der Waals surface area contributed by atoms with Gasteiger partial charge >= 0.3 is 5.97 Å². The van der Waals surface area contributed by atoms with Crippen molar-refractivity contribution in [1.82, 2.24) is 0 Å². The standard InChI is InChI=1S/C7H13BrO3/c1-3-5(9)6(8)7(10)11-4-2/h5-6,9H,3-4H2,1-2H3. The third-order valence-electron chi connectivity index (χ3n) is 1.27. The zero-order valence-corrected chi connectivity index (χ0v) is 8.30. The van der Waals surface area contributed by atoms with Gasteiger partial charge in [0, 0.05) is 0 Å². The van der Waals surface area contributed by atoms with Crippen LogP contribution in [0.25, 0.3) is 0 Å². The van der Waals surface area contributed by atoms with Crippen molar-refractivity contribution in [3.05, 3.63) is 0 Å². The summed E-state index contributed by atoms with van der Waals surface area (Å²) in [6.07, 6.45) is -0.122. The number of carbonyl (C=O) groups excluding carboxylic acids is 1. The zero-order chi connectivity index (χ0) is 8.85. The maximum Gasteiger partial charge on any atom is 0.322 e. The van der Waals surface area contributed by atoms with Gasteiger partial charge in [0.05, 0.1) is 12.7 Å². The highest BCUT2D eigenvalue weighted by molar-refractivity contribution is 9.10. The molecule has 11 heavy (non-hydrogen) atoms. The van der Waals surface area contributed by atoms with E-state index in [9.17, 15) is 9.90 Å². The lowest BCUT2D eigenvalue weighted by molar-refractivity contribution is -0.144. The lowest BCUT2D eigenvalue weighted by atomic mass is 10.2. The maximum absolute atomic E-state index is 10.9. The molecule has 0 fully saturated rings. The van der Waals surface area contributed by atoms with E-state index in [4.69, 9.17) is 0 Å². The summed E-state index contributed by atoms with van der Waals surface area (Å²) >= 11 is 3.05. The van der Waals surface area contributed by atoms with Gasteiger partial charge in [0.25, 0.3) is 0 Å². The van der Waals surface area contributed by atoms with Gasteiger partial charge in [-0.25, -0.2) is 0 Å². The summed E-state index contributed by atoms with van der Waals surface area (Å²) in [6.45, 7) is 3.88.